The summed E-state index contributed by atoms with van der Waals surface area (Å²) in [6.07, 6.45) is 0.353. The molecule has 0 fully saturated rings. The van der Waals surface area contributed by atoms with E-state index in [2.05, 4.69) is 39.8 Å². The second-order valence-electron chi connectivity index (χ2n) is 7.02. The van der Waals surface area contributed by atoms with Crippen molar-refractivity contribution in [2.24, 2.45) is 0 Å². The van der Waals surface area contributed by atoms with Crippen molar-refractivity contribution in [1.82, 2.24) is 10.6 Å². The van der Waals surface area contributed by atoms with E-state index in [1.54, 1.807) is 36.0 Å². The third-order valence-corrected chi connectivity index (χ3v) is 6.41. The summed E-state index contributed by atoms with van der Waals surface area (Å²) in [6, 6.07) is 23.3. The molecule has 0 atom stereocenters. The van der Waals surface area contributed by atoms with Crippen LogP contribution >= 0.6 is 23.4 Å². The number of nitrogens with zero attached hydrogens (tertiary/aromatic N) is 1. The van der Waals surface area contributed by atoms with Crippen LogP contribution in [0.3, 0.4) is 0 Å². The van der Waals surface area contributed by atoms with Crippen LogP contribution in [0.5, 0.6) is 0 Å². The van der Waals surface area contributed by atoms with Gasteiger partial charge in [-0.2, -0.15) is 0 Å². The minimum atomic E-state index is -0.251. The molecule has 0 bridgehead atoms. The van der Waals surface area contributed by atoms with Crippen molar-refractivity contribution in [1.29, 1.82) is 0 Å². The number of anilines is 2. The summed E-state index contributed by atoms with van der Waals surface area (Å²) < 4.78 is 0. The molecule has 0 aromatic heterocycles. The van der Waals surface area contributed by atoms with Crippen molar-refractivity contribution < 1.29 is 9.59 Å². The number of rotatable bonds is 7. The minimum absolute atomic E-state index is 0.0554. The average Bonchev–Trinajstić information content (AvgIpc) is 2.79. The first-order valence-electron chi connectivity index (χ1n) is 10.1. The average molecular weight is 452 g/mol. The highest BCUT2D eigenvalue weighted by atomic mass is 35.5. The Morgan fingerprint density at radius 3 is 2.06 bits per heavy atom. The lowest BCUT2D eigenvalue weighted by atomic mass is 10.2. The molecule has 1 aliphatic heterocycles. The molecule has 0 saturated heterocycles. The summed E-state index contributed by atoms with van der Waals surface area (Å²) in [5.41, 5.74) is 2.66. The Bertz CT molecular complexity index is 1060. The van der Waals surface area contributed by atoms with E-state index in [4.69, 9.17) is 11.6 Å². The van der Waals surface area contributed by atoms with Crippen LogP contribution in [-0.2, 0) is 4.79 Å². The van der Waals surface area contributed by atoms with E-state index < -0.39 is 0 Å². The first-order valence-corrected chi connectivity index (χ1v) is 11.3. The van der Waals surface area contributed by atoms with Gasteiger partial charge in [-0.1, -0.05) is 59.8 Å². The SMILES string of the molecule is O=C(CCN1c2ccccc2Sc2ccccc21)NCCNC(=O)c1ccccc1Cl. The Hall–Kier alpha value is -2.96. The van der Waals surface area contributed by atoms with E-state index in [0.29, 0.717) is 36.6 Å². The van der Waals surface area contributed by atoms with Crippen molar-refractivity contribution >= 4 is 46.6 Å². The standard InChI is InChI=1S/C24H22ClN3O2S/c25-18-8-2-1-7-17(18)24(30)27-15-14-26-23(29)13-16-28-19-9-3-5-11-21(19)31-22-12-6-4-10-20(22)28/h1-12H,13-16H2,(H,26,29)(H,27,30). The van der Waals surface area contributed by atoms with Gasteiger partial charge >= 0.3 is 0 Å². The molecule has 0 saturated carbocycles. The van der Waals surface area contributed by atoms with Gasteiger partial charge in [0.25, 0.3) is 5.91 Å². The molecule has 7 heteroatoms. The number of para-hydroxylation sites is 2. The van der Waals surface area contributed by atoms with Crippen LogP contribution in [0.4, 0.5) is 11.4 Å². The molecule has 3 aromatic carbocycles. The highest BCUT2D eigenvalue weighted by Crippen LogP contribution is 2.47. The van der Waals surface area contributed by atoms with Gasteiger partial charge in [-0.05, 0) is 36.4 Å². The summed E-state index contributed by atoms with van der Waals surface area (Å²) in [6.45, 7) is 1.27. The Balaban J connectivity index is 1.29. The number of carbonyl (C=O) groups excluding carboxylic acids is 2. The third kappa shape index (κ3) is 5.03. The molecule has 3 aromatic rings. The van der Waals surface area contributed by atoms with Gasteiger partial charge in [0.1, 0.15) is 0 Å². The monoisotopic (exact) mass is 451 g/mol. The van der Waals surface area contributed by atoms with Crippen LogP contribution in [0, 0.1) is 0 Å². The van der Waals surface area contributed by atoms with Crippen molar-refractivity contribution in [2.75, 3.05) is 24.5 Å². The Morgan fingerprint density at radius 1 is 0.806 bits per heavy atom. The molecule has 158 valence electrons. The Labute approximate surface area is 190 Å². The minimum Gasteiger partial charge on any atom is -0.354 e. The van der Waals surface area contributed by atoms with Crippen LogP contribution in [-0.4, -0.2) is 31.4 Å². The predicted octanol–water partition coefficient (Wildman–Crippen LogP) is 4.88. The zero-order chi connectivity index (χ0) is 21.6. The van der Waals surface area contributed by atoms with Crippen molar-refractivity contribution in [3.8, 4) is 0 Å². The van der Waals surface area contributed by atoms with Crippen LogP contribution in [0.2, 0.25) is 5.02 Å². The fourth-order valence-electron chi connectivity index (χ4n) is 3.44. The van der Waals surface area contributed by atoms with E-state index >= 15 is 0 Å². The molecule has 1 heterocycles. The highest BCUT2D eigenvalue weighted by Gasteiger charge is 2.23. The molecule has 0 aliphatic carbocycles. The number of amides is 2. The van der Waals surface area contributed by atoms with Gasteiger partial charge in [0, 0.05) is 35.8 Å². The largest absolute Gasteiger partial charge is 0.354 e. The molecule has 2 amide bonds. The van der Waals surface area contributed by atoms with Gasteiger partial charge in [-0.3, -0.25) is 9.59 Å². The van der Waals surface area contributed by atoms with Crippen molar-refractivity contribution in [3.05, 3.63) is 83.4 Å². The summed E-state index contributed by atoms with van der Waals surface area (Å²) in [5.74, 6) is -0.306. The number of hydrogen-bond donors (Lipinski definition) is 2. The molecule has 0 radical (unpaired) electrons. The zero-order valence-electron chi connectivity index (χ0n) is 16.8. The smallest absolute Gasteiger partial charge is 0.252 e. The molecule has 31 heavy (non-hydrogen) atoms. The van der Waals surface area contributed by atoms with Gasteiger partial charge in [0.2, 0.25) is 5.91 Å². The fraction of sp³-hybridized carbons (Fsp3) is 0.167. The molecular weight excluding hydrogens is 430 g/mol. The van der Waals surface area contributed by atoms with E-state index in [1.165, 1.54) is 9.79 Å². The van der Waals surface area contributed by atoms with Crippen molar-refractivity contribution in [2.45, 2.75) is 16.2 Å². The summed E-state index contributed by atoms with van der Waals surface area (Å²) in [4.78, 5) is 29.1. The van der Waals surface area contributed by atoms with E-state index in [0.717, 1.165) is 11.4 Å². The number of carbonyl (C=O) groups is 2. The van der Waals surface area contributed by atoms with Gasteiger partial charge in [-0.15, -0.1) is 0 Å². The highest BCUT2D eigenvalue weighted by molar-refractivity contribution is 7.99. The Morgan fingerprint density at radius 2 is 1.39 bits per heavy atom. The summed E-state index contributed by atoms with van der Waals surface area (Å²) >= 11 is 7.78. The third-order valence-electron chi connectivity index (χ3n) is 4.95. The molecule has 2 N–H and O–H groups in total. The Kier molecular flexibility index (Phi) is 6.79. The quantitative estimate of drug-likeness (QED) is 0.502. The van der Waals surface area contributed by atoms with E-state index in [9.17, 15) is 9.59 Å². The van der Waals surface area contributed by atoms with Crippen LogP contribution in [0.15, 0.2) is 82.6 Å². The molecule has 0 spiro atoms. The number of benzene rings is 3. The molecule has 0 unspecified atom stereocenters. The first-order chi connectivity index (χ1) is 15.1. The zero-order valence-corrected chi connectivity index (χ0v) is 18.4. The van der Waals surface area contributed by atoms with Gasteiger partial charge in [-0.25, -0.2) is 0 Å². The fourth-order valence-corrected chi connectivity index (χ4v) is 4.76. The van der Waals surface area contributed by atoms with Crippen LogP contribution < -0.4 is 15.5 Å². The second-order valence-corrected chi connectivity index (χ2v) is 8.52. The number of hydrogen-bond acceptors (Lipinski definition) is 4. The predicted molar refractivity (Wildman–Crippen MR) is 125 cm³/mol. The second kappa shape index (κ2) is 9.90. The lowest BCUT2D eigenvalue weighted by Gasteiger charge is -2.32. The van der Waals surface area contributed by atoms with E-state index in [-0.39, 0.29) is 11.8 Å². The first kappa shape index (κ1) is 21.3. The van der Waals surface area contributed by atoms with E-state index in [1.807, 2.05) is 24.3 Å². The normalized spacial score (nSPS) is 12.0. The van der Waals surface area contributed by atoms with Crippen LogP contribution in [0.1, 0.15) is 16.8 Å². The maximum atomic E-state index is 12.4. The number of fused-ring (bicyclic) bond motifs is 2. The molecule has 1 aliphatic rings. The number of halogens is 1. The molecule has 4 rings (SSSR count). The summed E-state index contributed by atoms with van der Waals surface area (Å²) in [5, 5.41) is 6.06. The number of nitrogens with one attached hydrogen (secondary N) is 2. The lowest BCUT2D eigenvalue weighted by Crippen LogP contribution is -2.36. The van der Waals surface area contributed by atoms with Crippen molar-refractivity contribution in [3.63, 3.8) is 0 Å². The summed E-state index contributed by atoms with van der Waals surface area (Å²) in [7, 11) is 0. The van der Waals surface area contributed by atoms with Gasteiger partial charge in [0.15, 0.2) is 0 Å². The van der Waals surface area contributed by atoms with Gasteiger partial charge in [0.05, 0.1) is 22.0 Å². The maximum Gasteiger partial charge on any atom is 0.252 e. The topological polar surface area (TPSA) is 61.4 Å². The molecular formula is C24H22ClN3O2S. The van der Waals surface area contributed by atoms with Gasteiger partial charge < -0.3 is 15.5 Å². The molecule has 5 nitrogen and oxygen atoms in total. The lowest BCUT2D eigenvalue weighted by molar-refractivity contribution is -0.120. The maximum absolute atomic E-state index is 12.4. The van der Waals surface area contributed by atoms with Crippen LogP contribution in [0.25, 0.3) is 0 Å².